The van der Waals surface area contributed by atoms with E-state index in [1.807, 2.05) is 56.5 Å². The molecule has 2 aliphatic rings. The summed E-state index contributed by atoms with van der Waals surface area (Å²) in [6, 6.07) is 12.5. The van der Waals surface area contributed by atoms with E-state index in [0.29, 0.717) is 85.5 Å². The minimum atomic E-state index is -1.18. The molecule has 2 aromatic carbocycles. The van der Waals surface area contributed by atoms with Crippen LogP contribution in [0.2, 0.25) is 0 Å². The lowest BCUT2D eigenvalue weighted by Gasteiger charge is -2.41. The van der Waals surface area contributed by atoms with Gasteiger partial charge in [-0.2, -0.15) is 0 Å². The predicted molar refractivity (Wildman–Crippen MR) is 183 cm³/mol. The summed E-state index contributed by atoms with van der Waals surface area (Å²) in [7, 11) is 1.39. The molecule has 0 spiro atoms. The molecule has 5 N–H and O–H groups in total. The number of likely N-dealkylation sites (tertiary alicyclic amines) is 1. The highest BCUT2D eigenvalue weighted by Crippen LogP contribution is 2.42. The van der Waals surface area contributed by atoms with Crippen molar-refractivity contribution in [2.24, 2.45) is 23.3 Å². The zero-order valence-electron chi connectivity index (χ0n) is 29.0. The van der Waals surface area contributed by atoms with Gasteiger partial charge < -0.3 is 39.9 Å². The number of piperidine rings is 1. The number of benzene rings is 2. The van der Waals surface area contributed by atoms with E-state index in [9.17, 15) is 14.4 Å². The number of primary amides is 1. The zero-order chi connectivity index (χ0) is 35.5. The van der Waals surface area contributed by atoms with E-state index >= 15 is 0 Å². The first-order chi connectivity index (χ1) is 23.2. The average Bonchev–Trinajstić information content (AvgIpc) is 3.45. The lowest BCUT2D eigenvalue weighted by Crippen LogP contribution is -2.51. The molecule has 3 aromatic rings. The number of hydrogen-bond acceptors (Lipinski definition) is 9. The van der Waals surface area contributed by atoms with Crippen LogP contribution in [0.1, 0.15) is 77.6 Å². The third-order valence-corrected chi connectivity index (χ3v) is 9.64. The molecule has 2 heterocycles. The van der Waals surface area contributed by atoms with Crippen molar-refractivity contribution in [2.45, 2.75) is 90.1 Å². The van der Waals surface area contributed by atoms with Gasteiger partial charge in [0.05, 0.1) is 24.1 Å². The van der Waals surface area contributed by atoms with E-state index in [1.165, 1.54) is 7.11 Å². The van der Waals surface area contributed by atoms with Gasteiger partial charge in [0.2, 0.25) is 5.91 Å². The Kier molecular flexibility index (Phi) is 10.4. The highest BCUT2D eigenvalue weighted by atomic mass is 16.6. The van der Waals surface area contributed by atoms with Gasteiger partial charge in [-0.05, 0) is 102 Å². The van der Waals surface area contributed by atoms with Gasteiger partial charge in [0, 0.05) is 31.5 Å². The summed E-state index contributed by atoms with van der Waals surface area (Å²) in [5.41, 5.74) is 12.0. The van der Waals surface area contributed by atoms with E-state index in [-0.39, 0.29) is 42.4 Å². The maximum Gasteiger partial charge on any atom is 0.410 e. The minimum Gasteiger partial charge on any atom is -0.490 e. The summed E-state index contributed by atoms with van der Waals surface area (Å²) in [6.07, 6.45) is 3.44. The monoisotopic (exact) mass is 676 g/mol. The molecule has 5 rings (SSSR count). The van der Waals surface area contributed by atoms with Crippen LogP contribution in [0.25, 0.3) is 11.0 Å². The lowest BCUT2D eigenvalue weighted by molar-refractivity contribution is -0.147. The number of methoxy groups -OCH3 is 1. The summed E-state index contributed by atoms with van der Waals surface area (Å²) >= 11 is 0. The maximum absolute atomic E-state index is 13.4. The number of rotatable bonds is 10. The number of amidine groups is 1. The molecule has 0 bridgehead atoms. The number of hydrogen-bond donors (Lipinski definition) is 3. The fourth-order valence-corrected chi connectivity index (χ4v) is 6.90. The van der Waals surface area contributed by atoms with Crippen LogP contribution in [0, 0.1) is 17.2 Å². The number of esters is 1. The molecule has 1 saturated carbocycles. The Balaban J connectivity index is 1.31. The Labute approximate surface area is 286 Å². The second kappa shape index (κ2) is 14.4. The van der Waals surface area contributed by atoms with Crippen LogP contribution in [0.5, 0.6) is 11.5 Å². The van der Waals surface area contributed by atoms with Gasteiger partial charge in [-0.15, -0.1) is 0 Å². The van der Waals surface area contributed by atoms with Gasteiger partial charge in [0.1, 0.15) is 47.0 Å². The van der Waals surface area contributed by atoms with Gasteiger partial charge in [-0.3, -0.25) is 15.0 Å². The number of fused-ring (bicyclic) bond motifs is 1. The lowest BCUT2D eigenvalue weighted by atomic mass is 9.71. The standard InChI is InChI=1S/C36H48N6O7/c1-35(2,3)49-34(45)41-18-16-27(17-19-41)48-26-13-11-25(12-14-26)47-21-30-40-28-20-23(31(37)38)8-15-29(28)42(30)36(4,33(39)44)24-9-6-22(7-10-24)32(43)46-5/h8,11-15,20,22,24,27H,6-7,9-10,16-19,21H2,1-5H3,(H3,37,38)(H2,39,44). The van der Waals surface area contributed by atoms with Gasteiger partial charge >= 0.3 is 12.1 Å². The molecular weight excluding hydrogens is 628 g/mol. The molecule has 13 heteroatoms. The van der Waals surface area contributed by atoms with Crippen LogP contribution in [0.15, 0.2) is 42.5 Å². The normalized spacial score (nSPS) is 19.9. The first kappa shape index (κ1) is 35.5. The molecule has 1 aliphatic heterocycles. The Morgan fingerprint density at radius 1 is 0.918 bits per heavy atom. The number of imidazole rings is 1. The van der Waals surface area contributed by atoms with Crippen LogP contribution in [0.3, 0.4) is 0 Å². The van der Waals surface area contributed by atoms with E-state index in [1.54, 1.807) is 23.1 Å². The SMILES string of the molecule is COC(=O)C1CCC(C(C)(C(N)=O)n2c(COc3ccc(OC4CCN(C(=O)OC(C)(C)C)CC4)cc3)nc3cc(C(=N)N)ccc32)CC1. The smallest absolute Gasteiger partial charge is 0.410 e. The molecule has 1 saturated heterocycles. The van der Waals surface area contributed by atoms with Gasteiger partial charge in [-0.25, -0.2) is 9.78 Å². The van der Waals surface area contributed by atoms with E-state index in [2.05, 4.69) is 0 Å². The second-order valence-electron chi connectivity index (χ2n) is 14.1. The van der Waals surface area contributed by atoms with Crippen LogP contribution in [0.4, 0.5) is 4.79 Å². The van der Waals surface area contributed by atoms with Crippen LogP contribution in [-0.2, 0) is 31.2 Å². The Morgan fingerprint density at radius 2 is 1.55 bits per heavy atom. The number of ether oxygens (including phenoxy) is 4. The number of nitrogens with one attached hydrogen (secondary N) is 1. The predicted octanol–water partition coefficient (Wildman–Crippen LogP) is 4.86. The molecule has 2 fully saturated rings. The average molecular weight is 677 g/mol. The summed E-state index contributed by atoms with van der Waals surface area (Å²) in [5, 5.41) is 7.91. The molecule has 264 valence electrons. The molecule has 13 nitrogen and oxygen atoms in total. The number of nitrogens with two attached hydrogens (primary N) is 2. The number of aromatic nitrogens is 2. The molecule has 1 unspecified atom stereocenters. The summed E-state index contributed by atoms with van der Waals surface area (Å²) in [5.74, 6) is 0.540. The first-order valence-electron chi connectivity index (χ1n) is 16.8. The van der Waals surface area contributed by atoms with Crippen LogP contribution in [-0.4, -0.2) is 70.2 Å². The van der Waals surface area contributed by atoms with Crippen molar-refractivity contribution in [1.82, 2.24) is 14.5 Å². The van der Waals surface area contributed by atoms with Crippen LogP contribution >= 0.6 is 0 Å². The van der Waals surface area contributed by atoms with E-state index in [4.69, 9.17) is 40.8 Å². The molecule has 2 amide bonds. The first-order valence-corrected chi connectivity index (χ1v) is 16.8. The fourth-order valence-electron chi connectivity index (χ4n) is 6.90. The topological polar surface area (TPSA) is 185 Å². The van der Waals surface area contributed by atoms with E-state index in [0.717, 1.165) is 0 Å². The van der Waals surface area contributed by atoms with Crippen molar-refractivity contribution in [1.29, 1.82) is 5.41 Å². The second-order valence-corrected chi connectivity index (χ2v) is 14.1. The number of amides is 2. The fraction of sp³-hybridized carbons (Fsp3) is 0.528. The maximum atomic E-state index is 13.4. The van der Waals surface area contributed by atoms with Crippen LogP contribution < -0.4 is 20.9 Å². The molecular formula is C36H48N6O7. The number of nitrogen functional groups attached to an aromatic ring is 1. The number of carbonyl (C=O) groups excluding carboxylic acids is 3. The molecule has 1 aliphatic carbocycles. The van der Waals surface area contributed by atoms with Crippen molar-refractivity contribution >= 4 is 34.8 Å². The number of carbonyl (C=O) groups is 3. The zero-order valence-corrected chi connectivity index (χ0v) is 29.0. The Bertz CT molecular complexity index is 1680. The van der Waals surface area contributed by atoms with Gasteiger partial charge in [-0.1, -0.05) is 0 Å². The quantitative estimate of drug-likeness (QED) is 0.153. The highest BCUT2D eigenvalue weighted by molar-refractivity contribution is 5.98. The highest BCUT2D eigenvalue weighted by Gasteiger charge is 2.46. The molecule has 0 radical (unpaired) electrons. The number of nitrogens with zero attached hydrogens (tertiary/aromatic N) is 3. The van der Waals surface area contributed by atoms with Crippen molar-refractivity contribution < 1.29 is 33.3 Å². The Hall–Kier alpha value is -4.81. The largest absolute Gasteiger partial charge is 0.490 e. The van der Waals surface area contributed by atoms with Gasteiger partial charge in [0.15, 0.2) is 0 Å². The molecule has 1 atom stereocenters. The molecule has 1 aromatic heterocycles. The molecule has 49 heavy (non-hydrogen) atoms. The minimum absolute atomic E-state index is 0.0283. The third kappa shape index (κ3) is 7.92. The van der Waals surface area contributed by atoms with Crippen molar-refractivity contribution in [2.75, 3.05) is 20.2 Å². The van der Waals surface area contributed by atoms with Crippen molar-refractivity contribution in [3.05, 3.63) is 53.9 Å². The summed E-state index contributed by atoms with van der Waals surface area (Å²) in [4.78, 5) is 44.6. The Morgan fingerprint density at radius 3 is 2.12 bits per heavy atom. The van der Waals surface area contributed by atoms with Crippen molar-refractivity contribution in [3.63, 3.8) is 0 Å². The van der Waals surface area contributed by atoms with Gasteiger partial charge in [0.25, 0.3) is 0 Å². The van der Waals surface area contributed by atoms with Crippen molar-refractivity contribution in [3.8, 4) is 11.5 Å². The van der Waals surface area contributed by atoms with E-state index < -0.39 is 17.0 Å². The third-order valence-electron chi connectivity index (χ3n) is 9.64. The summed E-state index contributed by atoms with van der Waals surface area (Å²) in [6.45, 7) is 8.55. The summed E-state index contributed by atoms with van der Waals surface area (Å²) < 4.78 is 24.7.